The van der Waals surface area contributed by atoms with Gasteiger partial charge in [-0.3, -0.25) is 9.36 Å². The average molecular weight is 475 g/mol. The van der Waals surface area contributed by atoms with E-state index < -0.39 is 0 Å². The molecule has 1 aliphatic rings. The van der Waals surface area contributed by atoms with Crippen LogP contribution in [0.3, 0.4) is 0 Å². The smallest absolute Gasteiger partial charge is 0.231 e. The maximum Gasteiger partial charge on any atom is 0.231 e. The Balaban J connectivity index is 1.32. The van der Waals surface area contributed by atoms with E-state index in [4.69, 9.17) is 14.2 Å². The molecule has 0 radical (unpaired) electrons. The minimum Gasteiger partial charge on any atom is -0.496 e. The standard InChI is InChI=1S/C25H22N4O4S/c1-31-20-10-6-5-9-19(20)24-27-28-25(29(24)18-7-3-2-4-8-18)34-15-23(30)26-14-17-11-12-21-22(13-17)33-16-32-21/h2-13H,14-16H2,1H3,(H,26,30). The molecular formula is C25H22N4O4S. The van der Waals surface area contributed by atoms with Gasteiger partial charge >= 0.3 is 0 Å². The Morgan fingerprint density at radius 3 is 2.68 bits per heavy atom. The minimum absolute atomic E-state index is 0.107. The van der Waals surface area contributed by atoms with Gasteiger partial charge in [-0.25, -0.2) is 0 Å². The van der Waals surface area contributed by atoms with Gasteiger partial charge in [0.2, 0.25) is 12.7 Å². The van der Waals surface area contributed by atoms with Crippen LogP contribution in [-0.2, 0) is 11.3 Å². The first-order valence-electron chi connectivity index (χ1n) is 10.6. The van der Waals surface area contributed by atoms with E-state index >= 15 is 0 Å². The molecule has 0 fully saturated rings. The minimum atomic E-state index is -0.107. The molecule has 34 heavy (non-hydrogen) atoms. The van der Waals surface area contributed by atoms with Crippen LogP contribution in [-0.4, -0.2) is 40.3 Å². The second-order valence-electron chi connectivity index (χ2n) is 7.43. The van der Waals surface area contributed by atoms with Crippen molar-refractivity contribution >= 4 is 17.7 Å². The molecule has 2 heterocycles. The maximum atomic E-state index is 12.6. The summed E-state index contributed by atoms with van der Waals surface area (Å²) in [4.78, 5) is 12.6. The number of amides is 1. The molecule has 0 saturated carbocycles. The molecule has 0 atom stereocenters. The number of thioether (sulfide) groups is 1. The number of fused-ring (bicyclic) bond motifs is 1. The topological polar surface area (TPSA) is 87.5 Å². The van der Waals surface area contributed by atoms with Crippen molar-refractivity contribution in [1.82, 2.24) is 20.1 Å². The quantitative estimate of drug-likeness (QED) is 0.385. The summed E-state index contributed by atoms with van der Waals surface area (Å²) in [7, 11) is 1.63. The van der Waals surface area contributed by atoms with Crippen LogP contribution in [0.5, 0.6) is 17.2 Å². The summed E-state index contributed by atoms with van der Waals surface area (Å²) in [5, 5.41) is 12.4. The number of carbonyl (C=O) groups excluding carboxylic acids is 1. The van der Waals surface area contributed by atoms with Crippen molar-refractivity contribution in [3.63, 3.8) is 0 Å². The van der Waals surface area contributed by atoms with E-state index in [-0.39, 0.29) is 18.5 Å². The Kier molecular flexibility index (Phi) is 6.35. The molecule has 5 rings (SSSR count). The van der Waals surface area contributed by atoms with E-state index in [1.165, 1.54) is 11.8 Å². The van der Waals surface area contributed by atoms with Crippen molar-refractivity contribution in [2.75, 3.05) is 19.7 Å². The van der Waals surface area contributed by atoms with Gasteiger partial charge in [-0.1, -0.05) is 48.2 Å². The Labute approximate surface area is 200 Å². The van der Waals surface area contributed by atoms with Gasteiger partial charge in [-0.05, 0) is 42.0 Å². The van der Waals surface area contributed by atoms with Gasteiger partial charge in [0.1, 0.15) is 5.75 Å². The molecule has 3 aromatic carbocycles. The summed E-state index contributed by atoms with van der Waals surface area (Å²) < 4.78 is 18.2. The number of para-hydroxylation sites is 2. The number of rotatable bonds is 8. The molecule has 0 unspecified atom stereocenters. The Hall–Kier alpha value is -3.98. The second-order valence-corrected chi connectivity index (χ2v) is 8.37. The van der Waals surface area contributed by atoms with E-state index in [0.29, 0.717) is 29.0 Å². The molecule has 1 aromatic heterocycles. The summed E-state index contributed by atoms with van der Waals surface area (Å²) in [6.45, 7) is 0.620. The van der Waals surface area contributed by atoms with E-state index in [1.54, 1.807) is 7.11 Å². The lowest BCUT2D eigenvalue weighted by molar-refractivity contribution is -0.118. The number of carbonyl (C=O) groups is 1. The first-order valence-corrected chi connectivity index (χ1v) is 11.6. The highest BCUT2D eigenvalue weighted by atomic mass is 32.2. The van der Waals surface area contributed by atoms with Gasteiger partial charge in [0.15, 0.2) is 22.5 Å². The summed E-state index contributed by atoms with van der Waals surface area (Å²) >= 11 is 1.33. The number of methoxy groups -OCH3 is 1. The largest absolute Gasteiger partial charge is 0.496 e. The average Bonchev–Trinajstić information content (AvgIpc) is 3.53. The third-order valence-electron chi connectivity index (χ3n) is 5.25. The zero-order valence-electron chi connectivity index (χ0n) is 18.4. The predicted molar refractivity (Wildman–Crippen MR) is 128 cm³/mol. The zero-order valence-corrected chi connectivity index (χ0v) is 19.2. The van der Waals surface area contributed by atoms with E-state index in [0.717, 1.165) is 22.6 Å². The zero-order chi connectivity index (χ0) is 23.3. The van der Waals surface area contributed by atoms with Crippen LogP contribution in [0.15, 0.2) is 78.0 Å². The summed E-state index contributed by atoms with van der Waals surface area (Å²) in [5.41, 5.74) is 2.66. The Morgan fingerprint density at radius 2 is 1.82 bits per heavy atom. The molecule has 1 aliphatic heterocycles. The number of nitrogens with one attached hydrogen (secondary N) is 1. The monoisotopic (exact) mass is 474 g/mol. The fourth-order valence-electron chi connectivity index (χ4n) is 3.61. The van der Waals surface area contributed by atoms with Crippen LogP contribution in [0.25, 0.3) is 17.1 Å². The molecule has 0 bridgehead atoms. The summed E-state index contributed by atoms with van der Waals surface area (Å²) in [6, 6.07) is 23.1. The van der Waals surface area contributed by atoms with Gasteiger partial charge < -0.3 is 19.5 Å². The normalized spacial score (nSPS) is 11.9. The number of hydrogen-bond acceptors (Lipinski definition) is 7. The van der Waals surface area contributed by atoms with Crippen LogP contribution in [0.1, 0.15) is 5.56 Å². The molecule has 4 aromatic rings. The second kappa shape index (κ2) is 9.88. The van der Waals surface area contributed by atoms with Crippen LogP contribution >= 0.6 is 11.8 Å². The predicted octanol–water partition coefficient (Wildman–Crippen LogP) is 4.08. The van der Waals surface area contributed by atoms with Gasteiger partial charge in [-0.15, -0.1) is 10.2 Å². The van der Waals surface area contributed by atoms with Crippen LogP contribution in [0.2, 0.25) is 0 Å². The lowest BCUT2D eigenvalue weighted by atomic mass is 10.2. The van der Waals surface area contributed by atoms with Crippen molar-refractivity contribution in [3.05, 3.63) is 78.4 Å². The van der Waals surface area contributed by atoms with E-state index in [2.05, 4.69) is 15.5 Å². The fraction of sp³-hybridized carbons (Fsp3) is 0.160. The fourth-order valence-corrected chi connectivity index (χ4v) is 4.39. The van der Waals surface area contributed by atoms with Gasteiger partial charge in [0, 0.05) is 12.2 Å². The first kappa shape index (κ1) is 21.8. The van der Waals surface area contributed by atoms with Crippen molar-refractivity contribution in [2.24, 2.45) is 0 Å². The first-order chi connectivity index (χ1) is 16.7. The molecule has 1 amide bonds. The lowest BCUT2D eigenvalue weighted by Gasteiger charge is -2.12. The molecule has 8 nitrogen and oxygen atoms in total. The summed E-state index contributed by atoms with van der Waals surface area (Å²) in [5.74, 6) is 2.85. The van der Waals surface area contributed by atoms with E-state index in [9.17, 15) is 4.79 Å². The number of ether oxygens (including phenoxy) is 3. The Morgan fingerprint density at radius 1 is 1.03 bits per heavy atom. The van der Waals surface area contributed by atoms with Crippen LogP contribution in [0, 0.1) is 0 Å². The summed E-state index contributed by atoms with van der Waals surface area (Å²) in [6.07, 6.45) is 0. The number of aromatic nitrogens is 3. The van der Waals surface area contributed by atoms with Crippen molar-refractivity contribution in [1.29, 1.82) is 0 Å². The van der Waals surface area contributed by atoms with Crippen molar-refractivity contribution in [3.8, 4) is 34.3 Å². The molecule has 172 valence electrons. The van der Waals surface area contributed by atoms with Crippen molar-refractivity contribution < 1.29 is 19.0 Å². The lowest BCUT2D eigenvalue weighted by Crippen LogP contribution is -2.24. The van der Waals surface area contributed by atoms with Gasteiger partial charge in [-0.2, -0.15) is 0 Å². The van der Waals surface area contributed by atoms with Crippen LogP contribution in [0.4, 0.5) is 0 Å². The molecule has 0 aliphatic carbocycles. The van der Waals surface area contributed by atoms with E-state index in [1.807, 2.05) is 77.4 Å². The molecular weight excluding hydrogens is 452 g/mol. The van der Waals surface area contributed by atoms with Gasteiger partial charge in [0.05, 0.1) is 18.4 Å². The highest BCUT2D eigenvalue weighted by molar-refractivity contribution is 7.99. The van der Waals surface area contributed by atoms with Crippen molar-refractivity contribution in [2.45, 2.75) is 11.7 Å². The third kappa shape index (κ3) is 4.55. The Bertz CT molecular complexity index is 1310. The third-order valence-corrected chi connectivity index (χ3v) is 6.18. The van der Waals surface area contributed by atoms with Gasteiger partial charge in [0.25, 0.3) is 0 Å². The highest BCUT2D eigenvalue weighted by Crippen LogP contribution is 2.34. The number of benzene rings is 3. The van der Waals surface area contributed by atoms with Crippen LogP contribution < -0.4 is 19.5 Å². The molecule has 1 N–H and O–H groups in total. The molecule has 9 heteroatoms. The molecule has 0 spiro atoms. The maximum absolute atomic E-state index is 12.6. The number of hydrogen-bond donors (Lipinski definition) is 1. The SMILES string of the molecule is COc1ccccc1-c1nnc(SCC(=O)NCc2ccc3c(c2)OCO3)n1-c1ccccc1. The molecule has 0 saturated heterocycles. The highest BCUT2D eigenvalue weighted by Gasteiger charge is 2.20. The number of nitrogens with zero attached hydrogens (tertiary/aromatic N) is 3.